The molecule has 0 aromatic carbocycles. The van der Waals surface area contributed by atoms with E-state index >= 15 is 0 Å². The van der Waals surface area contributed by atoms with Gasteiger partial charge in [0.05, 0.1) is 0 Å². The van der Waals surface area contributed by atoms with Gasteiger partial charge in [-0.05, 0) is 0 Å². The number of rotatable bonds is 0. The van der Waals surface area contributed by atoms with E-state index < -0.39 is 7.82 Å². The molecule has 0 aromatic heterocycles. The van der Waals surface area contributed by atoms with E-state index in [1.54, 1.807) is 0 Å². The number of hydrogen-bond acceptors (Lipinski definition) is 4. The smallest absolute Gasteiger partial charge is 0.822 e. The predicted octanol–water partition coefficient (Wildman–Crippen LogP) is -2.60. The Hall–Kier alpha value is 0.604. The third-order valence-electron chi connectivity index (χ3n) is 0. The van der Waals surface area contributed by atoms with Gasteiger partial charge in [0.1, 0.15) is 0 Å². The zero-order valence-electron chi connectivity index (χ0n) is 4.40. The van der Waals surface area contributed by atoms with Gasteiger partial charge >= 0.3 is 19.3 Å². The summed E-state index contributed by atoms with van der Waals surface area (Å²) < 4.78 is 8.55. The molecule has 0 saturated heterocycles. The second-order valence-electron chi connectivity index (χ2n) is 0.447. The molecule has 0 aliphatic rings. The molecule has 0 radical (unpaired) electrons. The fourth-order valence-electron chi connectivity index (χ4n) is 0. The quantitative estimate of drug-likeness (QED) is 0.284. The third-order valence-corrected chi connectivity index (χ3v) is 0. The average Bonchev–Trinajstić information content (AvgIpc) is 0.722. The third kappa shape index (κ3) is 164. The van der Waals surface area contributed by atoms with Gasteiger partial charge in [0.25, 0.3) is 0 Å². The van der Waals surface area contributed by atoms with E-state index in [4.69, 9.17) is 19.2 Å². The minimum Gasteiger partial charge on any atom is -0.822 e. The van der Waals surface area contributed by atoms with Crippen LogP contribution in [-0.2, 0) is 21.1 Å². The van der Waals surface area contributed by atoms with E-state index in [1.807, 2.05) is 0 Å². The van der Waals surface area contributed by atoms with Crippen LogP contribution in [0.1, 0.15) is 2.85 Å². The summed E-state index contributed by atoms with van der Waals surface area (Å²) >= 11 is 0. The molecule has 6 heavy (non-hydrogen) atoms. The monoisotopic (exact) mass is 155 g/mol. The number of hydrogen-bond donors (Lipinski definition) is 0. The second kappa shape index (κ2) is 2.72. The number of phosphoric acid groups is 1. The van der Waals surface area contributed by atoms with Gasteiger partial charge in [-0.25, -0.2) is 0 Å². The van der Waals surface area contributed by atoms with Crippen molar-refractivity contribution in [3.63, 3.8) is 0 Å². The van der Waals surface area contributed by atoms with E-state index in [0.717, 1.165) is 0 Å². The summed E-state index contributed by atoms with van der Waals surface area (Å²) in [5.41, 5.74) is 0. The van der Waals surface area contributed by atoms with Crippen molar-refractivity contribution in [2.24, 2.45) is 0 Å². The summed E-state index contributed by atoms with van der Waals surface area (Å²) in [5, 5.41) is 0. The maximum absolute atomic E-state index is 8.55. The van der Waals surface area contributed by atoms with Crippen LogP contribution in [0.15, 0.2) is 0 Å². The van der Waals surface area contributed by atoms with Crippen molar-refractivity contribution in [2.45, 2.75) is 0 Å². The zero-order valence-corrected chi connectivity index (χ0v) is 4.28. The van der Waals surface area contributed by atoms with Crippen molar-refractivity contribution in [3.05, 3.63) is 0 Å². The Morgan fingerprint density at radius 2 is 1.33 bits per heavy atom. The van der Waals surface area contributed by atoms with E-state index in [9.17, 15) is 0 Å². The van der Waals surface area contributed by atoms with Crippen LogP contribution in [-0.4, -0.2) is 0 Å². The van der Waals surface area contributed by atoms with E-state index in [1.165, 1.54) is 0 Å². The Kier molecular flexibility index (Phi) is 4.44. The first-order valence-electron chi connectivity index (χ1n) is 0.730. The Morgan fingerprint density at radius 3 is 1.33 bits per heavy atom. The van der Waals surface area contributed by atoms with Crippen molar-refractivity contribution >= 4 is 7.82 Å². The topological polar surface area (TPSA) is 86.2 Å². The molecule has 6 heteroatoms. The Labute approximate surface area is 47.3 Å². The van der Waals surface area contributed by atoms with Gasteiger partial charge in [0.15, 0.2) is 0 Å². The first-order chi connectivity index (χ1) is 2.00. The normalized spacial score (nSPS) is 9.83. The summed E-state index contributed by atoms with van der Waals surface area (Å²) in [7, 11) is -5.39. The molecule has 40 valence electrons. The van der Waals surface area contributed by atoms with Crippen LogP contribution in [0.5, 0.6) is 0 Å². The molecule has 0 fully saturated rings. The van der Waals surface area contributed by atoms with Gasteiger partial charge in [-0.3, -0.25) is 0 Å². The van der Waals surface area contributed by atoms with Crippen molar-refractivity contribution in [1.29, 1.82) is 0 Å². The molecule has 0 N–H and O–H groups in total. The average molecular weight is 156 g/mol. The fourth-order valence-corrected chi connectivity index (χ4v) is 0. The van der Waals surface area contributed by atoms with Crippen molar-refractivity contribution < 1.29 is 38.6 Å². The molecule has 0 aromatic rings. The maximum atomic E-state index is 8.55. The van der Waals surface area contributed by atoms with Gasteiger partial charge in [-0.1, -0.05) is 0 Å². The van der Waals surface area contributed by atoms with Crippen LogP contribution in [0, 0.1) is 0 Å². The zero-order chi connectivity index (χ0) is 4.50. The molecule has 0 spiro atoms. The first kappa shape index (κ1) is 9.78. The predicted molar refractivity (Wildman–Crippen MR) is 9.83 cm³/mol. The van der Waals surface area contributed by atoms with Crippen LogP contribution in [0.25, 0.3) is 0 Å². The van der Waals surface area contributed by atoms with Crippen molar-refractivity contribution in [2.75, 3.05) is 0 Å². The first-order valence-corrected chi connectivity index (χ1v) is 2.19. The van der Waals surface area contributed by atoms with Gasteiger partial charge in [0, 0.05) is 0 Å². The molecule has 0 amide bonds. The van der Waals surface area contributed by atoms with Gasteiger partial charge in [-0.15, -0.1) is 0 Å². The van der Waals surface area contributed by atoms with Crippen molar-refractivity contribution in [3.8, 4) is 0 Å². The molecule has 0 saturated carbocycles. The molecule has 0 atom stereocenters. The molecule has 0 rings (SSSR count). The Balaban J connectivity index is -0.0000000267. The van der Waals surface area contributed by atoms with Crippen LogP contribution in [0.3, 0.4) is 0 Å². The molecular weight excluding hydrogens is 154 g/mol. The van der Waals surface area contributed by atoms with Gasteiger partial charge < -0.3 is 19.2 Å². The minimum absolute atomic E-state index is 0. The maximum Gasteiger partial charge on any atom is 2.00 e. The molecule has 0 aliphatic heterocycles. The Morgan fingerprint density at radius 1 is 1.33 bits per heavy atom. The summed E-state index contributed by atoms with van der Waals surface area (Å²) in [6, 6.07) is 0. The minimum atomic E-state index is -5.39. The summed E-state index contributed by atoms with van der Waals surface area (Å²) in [6.45, 7) is 0. The Bertz CT molecular complexity index is 60.2. The molecule has 0 aliphatic carbocycles. The summed E-state index contributed by atoms with van der Waals surface area (Å²) in [6.07, 6.45) is 0. The van der Waals surface area contributed by atoms with E-state index in [0.29, 0.717) is 0 Å². The fraction of sp³-hybridized carbons (Fsp3) is 0. The van der Waals surface area contributed by atoms with Gasteiger partial charge in [-0.2, -0.15) is 7.82 Å². The summed E-state index contributed by atoms with van der Waals surface area (Å²) in [5.74, 6) is 0. The van der Waals surface area contributed by atoms with Crippen LogP contribution >= 0.6 is 7.82 Å². The molecular formula is H2NiO4P+. The molecule has 4 nitrogen and oxygen atoms in total. The second-order valence-corrected chi connectivity index (χ2v) is 1.34. The molecule has 0 heterocycles. The largest absolute Gasteiger partial charge is 2.00 e. The summed E-state index contributed by atoms with van der Waals surface area (Å²) in [4.78, 5) is 25.6. The molecule has 0 bridgehead atoms. The van der Waals surface area contributed by atoms with Crippen LogP contribution in [0.2, 0.25) is 0 Å². The van der Waals surface area contributed by atoms with Crippen LogP contribution < -0.4 is 14.7 Å². The molecule has 0 unspecified atom stereocenters. The van der Waals surface area contributed by atoms with Crippen molar-refractivity contribution in [1.82, 2.24) is 0 Å². The van der Waals surface area contributed by atoms with E-state index in [2.05, 4.69) is 0 Å². The van der Waals surface area contributed by atoms with Gasteiger partial charge in [0.2, 0.25) is 0 Å². The van der Waals surface area contributed by atoms with Crippen LogP contribution in [0.4, 0.5) is 0 Å². The SMILES string of the molecule is O=P([O-])([O-])[O-].[H+].[H+].[Ni+2]. The standard InChI is InChI=1S/Ni.H3O4P/c;1-5(2,3)4/h;(H3,1,2,3,4)/q+2;/p-1. The van der Waals surface area contributed by atoms with E-state index in [-0.39, 0.29) is 19.3 Å².